The molecule has 4 nitrogen and oxygen atoms in total. The first-order valence-corrected chi connectivity index (χ1v) is 5.97. The average Bonchev–Trinajstić information content (AvgIpc) is 2.83. The van der Waals surface area contributed by atoms with E-state index in [1.807, 2.05) is 41.1 Å². The molecule has 1 aromatic heterocycles. The number of fused-ring (bicyclic) bond motifs is 1. The molecule has 0 saturated carbocycles. The van der Waals surface area contributed by atoms with Gasteiger partial charge in [0, 0.05) is 5.39 Å². The van der Waals surface area contributed by atoms with Crippen LogP contribution < -0.4 is 0 Å². The van der Waals surface area contributed by atoms with E-state index in [4.69, 9.17) is 5.11 Å². The first kappa shape index (κ1) is 11.5. The Morgan fingerprint density at radius 3 is 2.63 bits per heavy atom. The van der Waals surface area contributed by atoms with E-state index in [0.717, 1.165) is 11.1 Å². The van der Waals surface area contributed by atoms with Gasteiger partial charge in [-0.3, -0.25) is 4.68 Å². The Labute approximate surface area is 109 Å². The quantitative estimate of drug-likeness (QED) is 0.779. The fourth-order valence-electron chi connectivity index (χ4n) is 2.17. The summed E-state index contributed by atoms with van der Waals surface area (Å²) >= 11 is 0. The van der Waals surface area contributed by atoms with Gasteiger partial charge >= 0.3 is 5.97 Å². The van der Waals surface area contributed by atoms with Crippen LogP contribution in [-0.4, -0.2) is 20.9 Å². The van der Waals surface area contributed by atoms with Crippen molar-refractivity contribution in [2.24, 2.45) is 0 Å². The zero-order chi connectivity index (χ0) is 13.2. The van der Waals surface area contributed by atoms with Crippen molar-refractivity contribution in [2.75, 3.05) is 0 Å². The van der Waals surface area contributed by atoms with E-state index in [0.29, 0.717) is 11.9 Å². The molecular weight excluding hydrogens is 240 g/mol. The third-order valence-corrected chi connectivity index (χ3v) is 3.09. The predicted octanol–water partition coefficient (Wildman–Crippen LogP) is 2.78. The van der Waals surface area contributed by atoms with Gasteiger partial charge in [-0.15, -0.1) is 0 Å². The Hall–Kier alpha value is -2.62. The summed E-state index contributed by atoms with van der Waals surface area (Å²) in [4.78, 5) is 11.1. The molecule has 0 bridgehead atoms. The number of aromatic carboxylic acids is 1. The fraction of sp³-hybridized carbons (Fsp3) is 0.0667. The molecule has 19 heavy (non-hydrogen) atoms. The van der Waals surface area contributed by atoms with Crippen molar-refractivity contribution in [3.05, 3.63) is 65.9 Å². The van der Waals surface area contributed by atoms with Gasteiger partial charge in [-0.2, -0.15) is 5.10 Å². The lowest BCUT2D eigenvalue weighted by Crippen LogP contribution is -2.01. The average molecular weight is 252 g/mol. The first-order chi connectivity index (χ1) is 9.25. The van der Waals surface area contributed by atoms with Crippen molar-refractivity contribution < 1.29 is 9.90 Å². The molecule has 0 saturated heterocycles. The van der Waals surface area contributed by atoms with Crippen LogP contribution in [0.5, 0.6) is 0 Å². The van der Waals surface area contributed by atoms with Gasteiger partial charge in [0.15, 0.2) is 0 Å². The molecule has 3 aromatic rings. The van der Waals surface area contributed by atoms with E-state index in [-0.39, 0.29) is 5.56 Å². The fourth-order valence-corrected chi connectivity index (χ4v) is 2.17. The van der Waals surface area contributed by atoms with E-state index >= 15 is 0 Å². The summed E-state index contributed by atoms with van der Waals surface area (Å²) in [5.74, 6) is -0.926. The van der Waals surface area contributed by atoms with E-state index in [9.17, 15) is 4.79 Å². The molecule has 0 spiro atoms. The Morgan fingerprint density at radius 1 is 1.11 bits per heavy atom. The van der Waals surface area contributed by atoms with Crippen LogP contribution in [-0.2, 0) is 6.54 Å². The van der Waals surface area contributed by atoms with Gasteiger partial charge in [-0.05, 0) is 17.7 Å². The normalized spacial score (nSPS) is 10.7. The summed E-state index contributed by atoms with van der Waals surface area (Å²) in [6, 6.07) is 15.2. The highest BCUT2D eigenvalue weighted by molar-refractivity contribution is 6.02. The molecule has 2 aromatic carbocycles. The van der Waals surface area contributed by atoms with Crippen LogP contribution in [0.4, 0.5) is 0 Å². The minimum atomic E-state index is -0.926. The van der Waals surface area contributed by atoms with Crippen molar-refractivity contribution in [2.45, 2.75) is 6.54 Å². The lowest BCUT2D eigenvalue weighted by atomic mass is 10.1. The van der Waals surface area contributed by atoms with Crippen molar-refractivity contribution >= 4 is 16.9 Å². The maximum Gasteiger partial charge on any atom is 0.336 e. The van der Waals surface area contributed by atoms with Crippen LogP contribution in [0.15, 0.2) is 54.7 Å². The number of carboxylic acid groups (broad SMARTS) is 1. The number of hydrogen-bond donors (Lipinski definition) is 1. The van der Waals surface area contributed by atoms with Crippen molar-refractivity contribution in [1.82, 2.24) is 9.78 Å². The van der Waals surface area contributed by atoms with Crippen LogP contribution in [0.2, 0.25) is 0 Å². The molecule has 0 aliphatic rings. The number of rotatable bonds is 3. The number of nitrogens with zero attached hydrogens (tertiary/aromatic N) is 2. The molecule has 0 radical (unpaired) electrons. The van der Waals surface area contributed by atoms with Crippen molar-refractivity contribution in [1.29, 1.82) is 0 Å². The topological polar surface area (TPSA) is 55.1 Å². The van der Waals surface area contributed by atoms with Crippen LogP contribution >= 0.6 is 0 Å². The largest absolute Gasteiger partial charge is 0.478 e. The number of hydrogen-bond acceptors (Lipinski definition) is 2. The second-order valence-corrected chi connectivity index (χ2v) is 4.33. The summed E-state index contributed by atoms with van der Waals surface area (Å²) < 4.78 is 1.82. The Bertz CT molecular complexity index is 732. The zero-order valence-corrected chi connectivity index (χ0v) is 10.2. The minimum absolute atomic E-state index is 0.289. The second-order valence-electron chi connectivity index (χ2n) is 4.33. The van der Waals surface area contributed by atoms with E-state index in [2.05, 4.69) is 5.10 Å². The molecule has 0 unspecified atom stereocenters. The molecule has 1 heterocycles. The van der Waals surface area contributed by atoms with Gasteiger partial charge in [-0.1, -0.05) is 36.4 Å². The first-order valence-electron chi connectivity index (χ1n) is 5.97. The predicted molar refractivity (Wildman–Crippen MR) is 72.2 cm³/mol. The van der Waals surface area contributed by atoms with E-state index in [1.54, 1.807) is 18.3 Å². The van der Waals surface area contributed by atoms with Gasteiger partial charge < -0.3 is 5.11 Å². The maximum atomic E-state index is 11.1. The summed E-state index contributed by atoms with van der Waals surface area (Å²) in [7, 11) is 0. The Morgan fingerprint density at radius 2 is 1.89 bits per heavy atom. The molecule has 0 atom stereocenters. The molecule has 0 fully saturated rings. The monoisotopic (exact) mass is 252 g/mol. The minimum Gasteiger partial charge on any atom is -0.478 e. The van der Waals surface area contributed by atoms with Gasteiger partial charge in [0.1, 0.15) is 0 Å². The zero-order valence-electron chi connectivity index (χ0n) is 10.2. The number of carboxylic acids is 1. The lowest BCUT2D eigenvalue weighted by molar-refractivity contribution is 0.0699. The van der Waals surface area contributed by atoms with E-state index in [1.165, 1.54) is 0 Å². The molecule has 0 amide bonds. The summed E-state index contributed by atoms with van der Waals surface area (Å²) in [6.07, 6.45) is 1.61. The number of benzene rings is 2. The summed E-state index contributed by atoms with van der Waals surface area (Å²) in [5, 5.41) is 14.1. The Balaban J connectivity index is 2.07. The Kier molecular flexibility index (Phi) is 2.76. The molecular formula is C15H12N2O2. The summed E-state index contributed by atoms with van der Waals surface area (Å²) in [5.41, 5.74) is 2.26. The molecule has 0 aliphatic heterocycles. The van der Waals surface area contributed by atoms with Gasteiger partial charge in [0.05, 0.1) is 23.8 Å². The number of carbonyl (C=O) groups is 1. The van der Waals surface area contributed by atoms with Crippen molar-refractivity contribution in [3.8, 4) is 0 Å². The third-order valence-electron chi connectivity index (χ3n) is 3.09. The molecule has 3 rings (SSSR count). The smallest absolute Gasteiger partial charge is 0.336 e. The van der Waals surface area contributed by atoms with E-state index < -0.39 is 5.97 Å². The summed E-state index contributed by atoms with van der Waals surface area (Å²) in [6.45, 7) is 0.632. The molecule has 0 aliphatic carbocycles. The highest BCUT2D eigenvalue weighted by atomic mass is 16.4. The highest BCUT2D eigenvalue weighted by Crippen LogP contribution is 2.19. The molecule has 94 valence electrons. The molecule has 1 N–H and O–H groups in total. The third kappa shape index (κ3) is 2.08. The van der Waals surface area contributed by atoms with Crippen LogP contribution in [0, 0.1) is 0 Å². The molecule has 4 heteroatoms. The van der Waals surface area contributed by atoms with Gasteiger partial charge in [0.2, 0.25) is 0 Å². The maximum absolute atomic E-state index is 11.1. The van der Waals surface area contributed by atoms with Crippen LogP contribution in [0.1, 0.15) is 15.9 Å². The second kappa shape index (κ2) is 4.57. The van der Waals surface area contributed by atoms with Gasteiger partial charge in [0.25, 0.3) is 0 Å². The highest BCUT2D eigenvalue weighted by Gasteiger charge is 2.11. The van der Waals surface area contributed by atoms with Gasteiger partial charge in [-0.25, -0.2) is 4.79 Å². The number of aromatic nitrogens is 2. The van der Waals surface area contributed by atoms with Crippen LogP contribution in [0.3, 0.4) is 0 Å². The standard InChI is InChI=1S/C15H12N2O2/c18-15(19)12-7-4-8-14-13(12)9-16-17(14)10-11-5-2-1-3-6-11/h1-9H,10H2,(H,18,19). The SMILES string of the molecule is O=C(O)c1cccc2c1cnn2Cc1ccccc1. The van der Waals surface area contributed by atoms with Crippen molar-refractivity contribution in [3.63, 3.8) is 0 Å². The van der Waals surface area contributed by atoms with Crippen LogP contribution in [0.25, 0.3) is 10.9 Å². The lowest BCUT2D eigenvalue weighted by Gasteiger charge is -2.04.